The van der Waals surface area contributed by atoms with Crippen molar-refractivity contribution in [2.45, 2.75) is 11.8 Å². The molecule has 8 nitrogen and oxygen atoms in total. The first-order valence-electron chi connectivity index (χ1n) is 7.91. The summed E-state index contributed by atoms with van der Waals surface area (Å²) in [6, 6.07) is 17.2. The molecule has 2 heterocycles. The molecule has 0 spiro atoms. The first kappa shape index (κ1) is 23.6. The van der Waals surface area contributed by atoms with Gasteiger partial charge in [0, 0.05) is 24.8 Å². The average molecular weight is 424 g/mol. The Hall–Kier alpha value is -2.42. The van der Waals surface area contributed by atoms with Gasteiger partial charge in [0.1, 0.15) is 0 Å². The van der Waals surface area contributed by atoms with E-state index in [1.165, 1.54) is 12.1 Å². The van der Waals surface area contributed by atoms with E-state index in [4.69, 9.17) is 9.79 Å². The van der Waals surface area contributed by atoms with Crippen molar-refractivity contribution in [2.75, 3.05) is 6.35 Å². The van der Waals surface area contributed by atoms with Crippen LogP contribution in [0.2, 0.25) is 0 Å². The second-order valence-corrected chi connectivity index (χ2v) is 8.43. The SMILES string of the molecule is Cc1ccc(S(=O)(=O)OCP(=O)(O)O)cc1.c1ccncc1.c1ccncc1. The zero-order valence-electron chi connectivity index (χ0n) is 15.1. The molecule has 0 aliphatic rings. The number of benzene rings is 1. The van der Waals surface area contributed by atoms with Gasteiger partial charge in [0.25, 0.3) is 10.1 Å². The Morgan fingerprint density at radius 1 is 0.857 bits per heavy atom. The first-order chi connectivity index (χ1) is 13.2. The fourth-order valence-electron chi connectivity index (χ4n) is 1.54. The average Bonchev–Trinajstić information content (AvgIpc) is 2.70. The highest BCUT2D eigenvalue weighted by Gasteiger charge is 2.21. The third-order valence-electron chi connectivity index (χ3n) is 2.82. The lowest BCUT2D eigenvalue weighted by molar-refractivity contribution is 0.301. The summed E-state index contributed by atoms with van der Waals surface area (Å²) in [5.41, 5.74) is 0.869. The van der Waals surface area contributed by atoms with Gasteiger partial charge in [-0.25, -0.2) is 0 Å². The minimum absolute atomic E-state index is 0.133. The second kappa shape index (κ2) is 12.1. The maximum Gasteiger partial charge on any atom is 0.352 e. The minimum atomic E-state index is -4.49. The molecule has 2 aromatic heterocycles. The van der Waals surface area contributed by atoms with E-state index in [0.717, 1.165) is 5.56 Å². The van der Waals surface area contributed by atoms with Crippen LogP contribution in [0.25, 0.3) is 0 Å². The molecule has 0 aliphatic carbocycles. The molecule has 3 aromatic rings. The lowest BCUT2D eigenvalue weighted by Crippen LogP contribution is -2.07. The van der Waals surface area contributed by atoms with Crippen molar-refractivity contribution in [1.82, 2.24) is 9.97 Å². The van der Waals surface area contributed by atoms with Gasteiger partial charge in [-0.1, -0.05) is 29.8 Å². The van der Waals surface area contributed by atoms with E-state index in [2.05, 4.69) is 14.2 Å². The van der Waals surface area contributed by atoms with Crippen molar-refractivity contribution in [3.8, 4) is 0 Å². The van der Waals surface area contributed by atoms with Crippen LogP contribution >= 0.6 is 7.60 Å². The Morgan fingerprint density at radius 2 is 1.29 bits per heavy atom. The Labute approximate surface area is 164 Å². The van der Waals surface area contributed by atoms with E-state index in [-0.39, 0.29) is 4.90 Å². The van der Waals surface area contributed by atoms with Crippen molar-refractivity contribution >= 4 is 17.7 Å². The van der Waals surface area contributed by atoms with Crippen LogP contribution in [0.4, 0.5) is 0 Å². The fourth-order valence-corrected chi connectivity index (χ4v) is 3.25. The van der Waals surface area contributed by atoms with Crippen LogP contribution in [0.3, 0.4) is 0 Å². The zero-order chi connectivity index (χ0) is 20.9. The van der Waals surface area contributed by atoms with Crippen molar-refractivity contribution in [1.29, 1.82) is 0 Å². The van der Waals surface area contributed by atoms with Gasteiger partial charge in [-0.15, -0.1) is 0 Å². The Bertz CT molecular complexity index is 848. The van der Waals surface area contributed by atoms with Crippen LogP contribution in [0.5, 0.6) is 0 Å². The van der Waals surface area contributed by atoms with Crippen molar-refractivity contribution in [3.05, 3.63) is 91.0 Å². The summed E-state index contributed by atoms with van der Waals surface area (Å²) in [7, 11) is -8.60. The van der Waals surface area contributed by atoms with Gasteiger partial charge in [0.2, 0.25) is 0 Å². The lowest BCUT2D eigenvalue weighted by atomic mass is 10.2. The third-order valence-corrected chi connectivity index (χ3v) is 4.74. The molecule has 1 aromatic carbocycles. The maximum absolute atomic E-state index is 11.4. The summed E-state index contributed by atoms with van der Waals surface area (Å²) in [4.78, 5) is 24.4. The van der Waals surface area contributed by atoms with Gasteiger partial charge in [-0.3, -0.25) is 18.7 Å². The highest BCUT2D eigenvalue weighted by molar-refractivity contribution is 7.87. The van der Waals surface area contributed by atoms with Crippen LogP contribution in [0.15, 0.2) is 90.3 Å². The van der Waals surface area contributed by atoms with Gasteiger partial charge >= 0.3 is 7.60 Å². The number of aromatic nitrogens is 2. The molecule has 0 saturated heterocycles. The van der Waals surface area contributed by atoms with E-state index in [9.17, 15) is 13.0 Å². The van der Waals surface area contributed by atoms with Crippen molar-refractivity contribution in [2.24, 2.45) is 0 Å². The largest absolute Gasteiger partial charge is 0.352 e. The Kier molecular flexibility index (Phi) is 10.2. The molecule has 0 fully saturated rings. The molecule has 0 radical (unpaired) electrons. The van der Waals surface area contributed by atoms with Crippen LogP contribution in [-0.4, -0.2) is 34.5 Å². The van der Waals surface area contributed by atoms with E-state index in [1.807, 2.05) is 36.4 Å². The number of rotatable bonds is 4. The van der Waals surface area contributed by atoms with Gasteiger partial charge in [-0.05, 0) is 43.3 Å². The molecule has 2 N–H and O–H groups in total. The third kappa shape index (κ3) is 11.3. The number of pyridine rings is 2. The van der Waals surface area contributed by atoms with Gasteiger partial charge in [-0.2, -0.15) is 8.42 Å². The summed E-state index contributed by atoms with van der Waals surface area (Å²) in [6.45, 7) is 1.78. The molecule has 0 unspecified atom stereocenters. The lowest BCUT2D eigenvalue weighted by Gasteiger charge is -2.06. The summed E-state index contributed by atoms with van der Waals surface area (Å²) in [5, 5.41) is 0. The molecule has 150 valence electrons. The first-order valence-corrected chi connectivity index (χ1v) is 11.1. The van der Waals surface area contributed by atoms with Gasteiger partial charge < -0.3 is 9.79 Å². The summed E-state index contributed by atoms with van der Waals surface area (Å²) in [5.74, 6) is 0. The van der Waals surface area contributed by atoms with Crippen LogP contribution in [0.1, 0.15) is 5.56 Å². The predicted octanol–water partition coefficient (Wildman–Crippen LogP) is 3.00. The molecule has 0 amide bonds. The smallest absolute Gasteiger partial charge is 0.323 e. The molecule has 0 bridgehead atoms. The quantitative estimate of drug-likeness (QED) is 0.483. The standard InChI is InChI=1S/C8H11O6PS.2C5H5N/c1-7-2-4-8(5-3-7)16(12,13)14-6-15(9,10)11;2*1-2-4-6-5-3-1/h2-5H,6H2,1H3,(H2,9,10,11);2*1-5H. The van der Waals surface area contributed by atoms with Gasteiger partial charge in [0.15, 0.2) is 6.35 Å². The molecular formula is C18H21N2O6PS. The van der Waals surface area contributed by atoms with Crippen molar-refractivity contribution in [3.63, 3.8) is 0 Å². The maximum atomic E-state index is 11.4. The number of hydrogen-bond donors (Lipinski definition) is 2. The second-order valence-electron chi connectivity index (χ2n) is 5.23. The Morgan fingerprint density at radius 3 is 1.57 bits per heavy atom. The fraction of sp³-hybridized carbons (Fsp3) is 0.111. The summed E-state index contributed by atoms with van der Waals surface area (Å²) in [6.07, 6.45) is 5.85. The molecule has 0 atom stereocenters. The minimum Gasteiger partial charge on any atom is -0.323 e. The number of aryl methyl sites for hydroxylation is 1. The van der Waals surface area contributed by atoms with Gasteiger partial charge in [0.05, 0.1) is 4.90 Å². The molecular weight excluding hydrogens is 403 g/mol. The normalized spacial score (nSPS) is 10.7. The summed E-state index contributed by atoms with van der Waals surface area (Å²) >= 11 is 0. The molecule has 3 rings (SSSR count). The highest BCUT2D eigenvalue weighted by Crippen LogP contribution is 2.35. The molecule has 10 heteroatoms. The Balaban J connectivity index is 0.000000263. The van der Waals surface area contributed by atoms with Crippen molar-refractivity contribution < 1.29 is 27.0 Å². The van der Waals surface area contributed by atoms with E-state index >= 15 is 0 Å². The predicted molar refractivity (Wildman–Crippen MR) is 105 cm³/mol. The van der Waals surface area contributed by atoms with E-state index in [0.29, 0.717) is 0 Å². The van der Waals surface area contributed by atoms with E-state index in [1.54, 1.807) is 43.8 Å². The zero-order valence-corrected chi connectivity index (χ0v) is 16.8. The molecule has 28 heavy (non-hydrogen) atoms. The monoisotopic (exact) mass is 424 g/mol. The molecule has 0 saturated carbocycles. The number of nitrogens with zero attached hydrogens (tertiary/aromatic N) is 2. The van der Waals surface area contributed by atoms with Crippen LogP contribution < -0.4 is 0 Å². The number of hydrogen-bond acceptors (Lipinski definition) is 6. The highest BCUT2D eigenvalue weighted by atomic mass is 32.2. The van der Waals surface area contributed by atoms with Crippen LogP contribution in [-0.2, 0) is 18.9 Å². The molecule has 0 aliphatic heterocycles. The van der Waals surface area contributed by atoms with E-state index < -0.39 is 24.1 Å². The summed E-state index contributed by atoms with van der Waals surface area (Å²) < 4.78 is 37.5. The topological polar surface area (TPSA) is 127 Å². The van der Waals surface area contributed by atoms with Crippen LogP contribution in [0, 0.1) is 6.92 Å².